The maximum absolute atomic E-state index is 14.7. The van der Waals surface area contributed by atoms with Crippen LogP contribution in [0.3, 0.4) is 0 Å². The maximum Gasteiger partial charge on any atom is 0.227 e. The Bertz CT molecular complexity index is 1420. The second-order valence-corrected chi connectivity index (χ2v) is 9.85. The Kier molecular flexibility index (Phi) is 6.03. The molecule has 2 atom stereocenters. The molecule has 0 unspecified atom stereocenters. The first-order valence-electron chi connectivity index (χ1n) is 12.0. The van der Waals surface area contributed by atoms with Gasteiger partial charge in [0.05, 0.1) is 18.3 Å². The zero-order valence-corrected chi connectivity index (χ0v) is 21.1. The first-order chi connectivity index (χ1) is 17.1. The lowest BCUT2D eigenvalue weighted by Crippen LogP contribution is -2.52. The molecule has 5 rings (SSSR count). The van der Waals surface area contributed by atoms with Crippen molar-refractivity contribution in [2.45, 2.75) is 51.8 Å². The number of pyridine rings is 2. The van der Waals surface area contributed by atoms with Crippen molar-refractivity contribution in [1.29, 1.82) is 0 Å². The summed E-state index contributed by atoms with van der Waals surface area (Å²) >= 11 is 0. The van der Waals surface area contributed by atoms with Gasteiger partial charge >= 0.3 is 0 Å². The van der Waals surface area contributed by atoms with Gasteiger partial charge in [0.1, 0.15) is 23.0 Å². The molecule has 0 saturated carbocycles. The van der Waals surface area contributed by atoms with Gasteiger partial charge in [0.15, 0.2) is 5.67 Å². The predicted octanol–water partition coefficient (Wildman–Crippen LogP) is 3.69. The van der Waals surface area contributed by atoms with E-state index in [4.69, 9.17) is 4.98 Å². The van der Waals surface area contributed by atoms with Crippen LogP contribution in [-0.4, -0.2) is 64.9 Å². The van der Waals surface area contributed by atoms with E-state index in [0.717, 1.165) is 33.4 Å². The van der Waals surface area contributed by atoms with Crippen molar-refractivity contribution in [3.63, 3.8) is 0 Å². The third kappa shape index (κ3) is 4.34. The summed E-state index contributed by atoms with van der Waals surface area (Å²) in [5, 5.41) is 23.5. The Balaban J connectivity index is 1.49. The Labute approximate surface area is 208 Å². The van der Waals surface area contributed by atoms with Crippen molar-refractivity contribution in [2.24, 2.45) is 7.05 Å². The summed E-state index contributed by atoms with van der Waals surface area (Å²) < 4.78 is 16.4. The molecule has 0 radical (unpaired) electrons. The van der Waals surface area contributed by atoms with Crippen molar-refractivity contribution in [1.82, 2.24) is 34.9 Å². The maximum atomic E-state index is 14.7. The van der Waals surface area contributed by atoms with Crippen molar-refractivity contribution < 1.29 is 9.50 Å². The molecule has 1 fully saturated rings. The van der Waals surface area contributed by atoms with E-state index in [0.29, 0.717) is 30.5 Å². The molecule has 10 nitrogen and oxygen atoms in total. The number of aryl methyl sites for hydroxylation is 1. The van der Waals surface area contributed by atoms with Crippen LogP contribution < -0.4 is 10.2 Å². The van der Waals surface area contributed by atoms with Crippen LogP contribution in [0.4, 0.5) is 22.0 Å². The highest BCUT2D eigenvalue weighted by Gasteiger charge is 2.39. The Morgan fingerprint density at radius 2 is 1.94 bits per heavy atom. The van der Waals surface area contributed by atoms with Gasteiger partial charge in [-0.05, 0) is 49.3 Å². The molecule has 4 aromatic rings. The summed E-state index contributed by atoms with van der Waals surface area (Å²) in [6.45, 7) is 8.13. The number of anilines is 3. The number of fused-ring (bicyclic) bond motifs is 1. The van der Waals surface area contributed by atoms with Gasteiger partial charge < -0.3 is 15.3 Å². The largest absolute Gasteiger partial charge is 0.390 e. The highest BCUT2D eigenvalue weighted by atomic mass is 19.1. The van der Waals surface area contributed by atoms with Crippen LogP contribution in [-0.2, 0) is 7.05 Å². The fraction of sp³-hybridized carbons (Fsp3) is 0.440. The van der Waals surface area contributed by atoms with E-state index in [1.54, 1.807) is 28.0 Å². The van der Waals surface area contributed by atoms with Crippen LogP contribution in [0.25, 0.3) is 22.2 Å². The van der Waals surface area contributed by atoms with Crippen LogP contribution in [0.1, 0.15) is 44.4 Å². The molecule has 4 aromatic heterocycles. The first-order valence-corrected chi connectivity index (χ1v) is 12.0. The lowest BCUT2D eigenvalue weighted by molar-refractivity contribution is -0.00860. The topological polar surface area (TPSA) is 118 Å². The molecular formula is C25H30FN9O. The summed E-state index contributed by atoms with van der Waals surface area (Å²) in [6, 6.07) is 3.73. The van der Waals surface area contributed by atoms with Gasteiger partial charge in [0.25, 0.3) is 0 Å². The normalized spacial score (nSPS) is 20.3. The monoisotopic (exact) mass is 491 g/mol. The Morgan fingerprint density at radius 1 is 1.14 bits per heavy atom. The van der Waals surface area contributed by atoms with E-state index < -0.39 is 11.8 Å². The second kappa shape index (κ2) is 9.05. The quantitative estimate of drug-likeness (QED) is 0.431. The molecule has 0 aromatic carbocycles. The van der Waals surface area contributed by atoms with Gasteiger partial charge in [-0.3, -0.25) is 9.67 Å². The molecule has 0 aliphatic carbocycles. The number of nitrogens with zero attached hydrogens (tertiary/aromatic N) is 8. The smallest absolute Gasteiger partial charge is 0.227 e. The summed E-state index contributed by atoms with van der Waals surface area (Å²) in [5.74, 6) is 1.82. The van der Waals surface area contributed by atoms with Crippen molar-refractivity contribution in [2.75, 3.05) is 23.3 Å². The first kappa shape index (κ1) is 24.0. The van der Waals surface area contributed by atoms with Crippen LogP contribution in [0.5, 0.6) is 0 Å². The van der Waals surface area contributed by atoms with Gasteiger partial charge in [-0.25, -0.2) is 14.4 Å². The minimum Gasteiger partial charge on any atom is -0.390 e. The number of aliphatic hydroxyl groups is 1. The van der Waals surface area contributed by atoms with E-state index in [2.05, 4.69) is 44.4 Å². The SMILES string of the molecule is Cc1c(-c2ncc(C(C)C)c3cc(Nc4ccnc(N5CC[C@@H](O)[C@@](C)(F)C5)n4)ncc23)nnn1C. The number of hydrogen-bond acceptors (Lipinski definition) is 9. The zero-order chi connectivity index (χ0) is 25.6. The van der Waals surface area contributed by atoms with Gasteiger partial charge in [-0.15, -0.1) is 5.10 Å². The third-order valence-electron chi connectivity index (χ3n) is 6.81. The van der Waals surface area contributed by atoms with E-state index >= 15 is 0 Å². The van der Waals surface area contributed by atoms with Crippen molar-refractivity contribution in [3.8, 4) is 11.4 Å². The minimum absolute atomic E-state index is 0.0289. The average molecular weight is 492 g/mol. The molecule has 0 bridgehead atoms. The molecular weight excluding hydrogens is 461 g/mol. The lowest BCUT2D eigenvalue weighted by Gasteiger charge is -2.38. The molecule has 1 saturated heterocycles. The fourth-order valence-electron chi connectivity index (χ4n) is 4.51. The number of alkyl halides is 1. The molecule has 5 heterocycles. The minimum atomic E-state index is -1.72. The molecule has 11 heteroatoms. The summed E-state index contributed by atoms with van der Waals surface area (Å²) in [5.41, 5.74) is 1.77. The van der Waals surface area contributed by atoms with Crippen LogP contribution in [0, 0.1) is 6.92 Å². The summed E-state index contributed by atoms with van der Waals surface area (Å²) in [4.78, 5) is 20.0. The highest BCUT2D eigenvalue weighted by Crippen LogP contribution is 2.34. The number of nitrogens with one attached hydrogen (secondary N) is 1. The molecule has 36 heavy (non-hydrogen) atoms. The number of aromatic nitrogens is 7. The molecule has 2 N–H and O–H groups in total. The number of aliphatic hydroxyl groups excluding tert-OH is 1. The molecule has 188 valence electrons. The fourth-order valence-corrected chi connectivity index (χ4v) is 4.51. The van der Waals surface area contributed by atoms with Crippen molar-refractivity contribution in [3.05, 3.63) is 42.0 Å². The average Bonchev–Trinajstić information content (AvgIpc) is 3.18. The predicted molar refractivity (Wildman–Crippen MR) is 136 cm³/mol. The van der Waals surface area contributed by atoms with Crippen LogP contribution in [0.2, 0.25) is 0 Å². The zero-order valence-electron chi connectivity index (χ0n) is 21.1. The van der Waals surface area contributed by atoms with Crippen molar-refractivity contribution >= 4 is 28.4 Å². The molecule has 1 aliphatic heterocycles. The van der Waals surface area contributed by atoms with E-state index in [-0.39, 0.29) is 12.5 Å². The summed E-state index contributed by atoms with van der Waals surface area (Å²) in [7, 11) is 1.85. The Morgan fingerprint density at radius 3 is 2.64 bits per heavy atom. The number of hydrogen-bond donors (Lipinski definition) is 2. The van der Waals surface area contributed by atoms with Gasteiger partial charge in [0, 0.05) is 37.6 Å². The lowest BCUT2D eigenvalue weighted by atomic mass is 9.94. The molecule has 1 aliphatic rings. The third-order valence-corrected chi connectivity index (χ3v) is 6.81. The van der Waals surface area contributed by atoms with Crippen LogP contribution in [0.15, 0.2) is 30.7 Å². The number of piperidine rings is 1. The summed E-state index contributed by atoms with van der Waals surface area (Å²) in [6.07, 6.45) is 4.65. The van der Waals surface area contributed by atoms with Gasteiger partial charge in [-0.1, -0.05) is 19.1 Å². The highest BCUT2D eigenvalue weighted by molar-refractivity contribution is 5.97. The Hall–Kier alpha value is -3.73. The van der Waals surface area contributed by atoms with E-state index in [1.807, 2.05) is 26.2 Å². The number of halogens is 1. The molecule has 0 spiro atoms. The second-order valence-electron chi connectivity index (χ2n) is 9.85. The van der Waals surface area contributed by atoms with E-state index in [9.17, 15) is 9.50 Å². The standard InChI is InChI=1S/C25H30FN9O/c1-14(2)17-11-29-23(22-15(3)34(5)33-32-22)18-12-28-21(10-16(17)18)30-20-6-8-27-24(31-20)35-9-7-19(36)25(4,26)13-35/h6,8,10-12,14,19,36H,7,9,13H2,1-5H3,(H,27,28,30,31)/t19-,25+/m1/s1. The van der Waals surface area contributed by atoms with Crippen LogP contribution >= 0.6 is 0 Å². The molecule has 0 amide bonds. The van der Waals surface area contributed by atoms with E-state index in [1.165, 1.54) is 6.92 Å². The van der Waals surface area contributed by atoms with Gasteiger partial charge in [-0.2, -0.15) is 4.98 Å². The van der Waals surface area contributed by atoms with Gasteiger partial charge in [0.2, 0.25) is 5.95 Å². The number of rotatable bonds is 5.